The third kappa shape index (κ3) is 5.03. The van der Waals surface area contributed by atoms with E-state index in [1.807, 2.05) is 0 Å². The lowest BCUT2D eigenvalue weighted by Crippen LogP contribution is -2.30. The minimum atomic E-state index is -4.53. The first-order valence-electron chi connectivity index (χ1n) is 7.19. The number of ether oxygens (including phenoxy) is 2. The summed E-state index contributed by atoms with van der Waals surface area (Å²) in [7, 11) is 1.49. The molecule has 0 aliphatic rings. The first-order valence-corrected chi connectivity index (χ1v) is 7.57. The fraction of sp³-hybridized carbons (Fsp3) is 0.235. The maximum Gasteiger partial charge on any atom is 0.416 e. The van der Waals surface area contributed by atoms with Crippen LogP contribution < -0.4 is 14.8 Å². The zero-order valence-corrected chi connectivity index (χ0v) is 14.1. The Labute approximate surface area is 147 Å². The zero-order valence-electron chi connectivity index (χ0n) is 13.4. The van der Waals surface area contributed by atoms with Crippen LogP contribution in [0.5, 0.6) is 11.5 Å². The van der Waals surface area contributed by atoms with Gasteiger partial charge in [0.25, 0.3) is 5.91 Å². The van der Waals surface area contributed by atoms with E-state index in [0.717, 1.165) is 18.2 Å². The molecule has 2 aromatic rings. The molecule has 0 aliphatic heterocycles. The molecule has 0 aromatic heterocycles. The molecule has 0 aliphatic carbocycles. The van der Waals surface area contributed by atoms with Gasteiger partial charge in [0, 0.05) is 6.07 Å². The number of hydrogen-bond donors (Lipinski definition) is 1. The fourth-order valence-corrected chi connectivity index (χ4v) is 2.13. The molecule has 1 atom stereocenters. The van der Waals surface area contributed by atoms with Gasteiger partial charge in [0.1, 0.15) is 11.5 Å². The van der Waals surface area contributed by atoms with Gasteiger partial charge < -0.3 is 14.8 Å². The molecule has 0 bridgehead atoms. The standard InChI is InChI=1S/C17H15ClF3NO3/c1-10(25-13-5-3-4-12(9-13)24-2)16(23)22-15-8-11(17(19,20)21)6-7-14(15)18/h3-10H,1-2H3,(H,22,23)/t10-/m0/s1. The maximum atomic E-state index is 12.8. The number of rotatable bonds is 5. The molecule has 0 spiro atoms. The molecule has 2 aromatic carbocycles. The molecule has 0 saturated heterocycles. The van der Waals surface area contributed by atoms with Crippen LogP contribution in [-0.2, 0) is 11.0 Å². The molecule has 1 amide bonds. The highest BCUT2D eigenvalue weighted by molar-refractivity contribution is 6.33. The summed E-state index contributed by atoms with van der Waals surface area (Å²) in [6, 6.07) is 9.30. The maximum absolute atomic E-state index is 12.8. The van der Waals surface area contributed by atoms with Gasteiger partial charge in [0.2, 0.25) is 0 Å². The van der Waals surface area contributed by atoms with Gasteiger partial charge in [-0.2, -0.15) is 13.2 Å². The number of hydrogen-bond acceptors (Lipinski definition) is 3. The third-order valence-corrected chi connectivity index (χ3v) is 3.60. The molecule has 4 nitrogen and oxygen atoms in total. The molecule has 0 heterocycles. The van der Waals surface area contributed by atoms with Crippen LogP contribution in [-0.4, -0.2) is 19.1 Å². The number of alkyl halides is 3. The number of carbonyl (C=O) groups is 1. The molecule has 0 fully saturated rings. The highest BCUT2D eigenvalue weighted by Crippen LogP contribution is 2.34. The first-order chi connectivity index (χ1) is 11.7. The average Bonchev–Trinajstić information content (AvgIpc) is 2.55. The van der Waals surface area contributed by atoms with Gasteiger partial charge in [0.05, 0.1) is 23.4 Å². The Kier molecular flexibility index (Phi) is 5.79. The van der Waals surface area contributed by atoms with E-state index in [1.165, 1.54) is 14.0 Å². The Morgan fingerprint density at radius 2 is 1.84 bits per heavy atom. The van der Waals surface area contributed by atoms with Crippen molar-refractivity contribution in [2.45, 2.75) is 19.2 Å². The van der Waals surface area contributed by atoms with E-state index in [2.05, 4.69) is 5.32 Å². The number of halogens is 4. The largest absolute Gasteiger partial charge is 0.497 e. The van der Waals surface area contributed by atoms with Crippen LogP contribution >= 0.6 is 11.6 Å². The minimum absolute atomic E-state index is 0.00469. The van der Waals surface area contributed by atoms with Crippen LogP contribution in [0.15, 0.2) is 42.5 Å². The molecule has 0 radical (unpaired) electrons. The highest BCUT2D eigenvalue weighted by atomic mass is 35.5. The number of amides is 1. The number of benzene rings is 2. The number of nitrogens with one attached hydrogen (secondary N) is 1. The normalized spacial score (nSPS) is 12.4. The Hall–Kier alpha value is -2.41. The smallest absolute Gasteiger partial charge is 0.416 e. The van der Waals surface area contributed by atoms with Gasteiger partial charge >= 0.3 is 6.18 Å². The van der Waals surface area contributed by atoms with Crippen LogP contribution in [0.4, 0.5) is 18.9 Å². The van der Waals surface area contributed by atoms with Crippen molar-refractivity contribution in [2.24, 2.45) is 0 Å². The molecular formula is C17H15ClF3NO3. The van der Waals surface area contributed by atoms with Crippen molar-refractivity contribution < 1.29 is 27.4 Å². The van der Waals surface area contributed by atoms with E-state index in [1.54, 1.807) is 24.3 Å². The Morgan fingerprint density at radius 3 is 2.48 bits per heavy atom. The van der Waals surface area contributed by atoms with Crippen LogP contribution in [0.25, 0.3) is 0 Å². The predicted molar refractivity (Wildman–Crippen MR) is 88.2 cm³/mol. The summed E-state index contributed by atoms with van der Waals surface area (Å²) in [6.07, 6.45) is -5.50. The fourth-order valence-electron chi connectivity index (χ4n) is 1.96. The van der Waals surface area contributed by atoms with E-state index >= 15 is 0 Å². The number of carbonyl (C=O) groups excluding carboxylic acids is 1. The Balaban J connectivity index is 2.10. The van der Waals surface area contributed by atoms with Crippen LogP contribution in [0, 0.1) is 0 Å². The van der Waals surface area contributed by atoms with Gasteiger partial charge in [-0.05, 0) is 37.3 Å². The highest BCUT2D eigenvalue weighted by Gasteiger charge is 2.31. The number of anilines is 1. The monoisotopic (exact) mass is 373 g/mol. The van der Waals surface area contributed by atoms with Gasteiger partial charge in [-0.1, -0.05) is 17.7 Å². The zero-order chi connectivity index (χ0) is 18.6. The third-order valence-electron chi connectivity index (χ3n) is 3.27. The summed E-state index contributed by atoms with van der Waals surface area (Å²) in [6.45, 7) is 1.47. The van der Waals surface area contributed by atoms with Crippen molar-refractivity contribution in [3.8, 4) is 11.5 Å². The van der Waals surface area contributed by atoms with Crippen LogP contribution in [0.2, 0.25) is 5.02 Å². The van der Waals surface area contributed by atoms with Gasteiger partial charge in [-0.3, -0.25) is 4.79 Å². The van der Waals surface area contributed by atoms with E-state index in [0.29, 0.717) is 11.5 Å². The summed E-state index contributed by atoms with van der Waals surface area (Å²) < 4.78 is 48.8. The summed E-state index contributed by atoms with van der Waals surface area (Å²) in [5.41, 5.74) is -1.05. The predicted octanol–water partition coefficient (Wildman–Crippen LogP) is 4.77. The topological polar surface area (TPSA) is 47.6 Å². The van der Waals surface area contributed by atoms with E-state index in [9.17, 15) is 18.0 Å². The van der Waals surface area contributed by atoms with Crippen molar-refractivity contribution in [1.82, 2.24) is 0 Å². The van der Waals surface area contributed by atoms with E-state index < -0.39 is 23.8 Å². The quantitative estimate of drug-likeness (QED) is 0.821. The van der Waals surface area contributed by atoms with Crippen molar-refractivity contribution >= 4 is 23.2 Å². The molecule has 0 unspecified atom stereocenters. The molecule has 2 rings (SSSR count). The van der Waals surface area contributed by atoms with E-state index in [-0.39, 0.29) is 10.7 Å². The lowest BCUT2D eigenvalue weighted by molar-refractivity contribution is -0.137. The summed E-state index contributed by atoms with van der Waals surface area (Å²) in [5, 5.41) is 2.34. The second kappa shape index (κ2) is 7.65. The van der Waals surface area contributed by atoms with Crippen LogP contribution in [0.1, 0.15) is 12.5 Å². The van der Waals surface area contributed by atoms with Crippen LogP contribution in [0.3, 0.4) is 0 Å². The minimum Gasteiger partial charge on any atom is -0.497 e. The molecule has 0 saturated carbocycles. The Morgan fingerprint density at radius 1 is 1.16 bits per heavy atom. The number of methoxy groups -OCH3 is 1. The van der Waals surface area contributed by atoms with Crippen molar-refractivity contribution in [1.29, 1.82) is 0 Å². The SMILES string of the molecule is COc1cccc(O[C@@H](C)C(=O)Nc2cc(C(F)(F)F)ccc2Cl)c1. The average molecular weight is 374 g/mol. The summed E-state index contributed by atoms with van der Waals surface area (Å²) in [5.74, 6) is 0.298. The van der Waals surface area contributed by atoms with Gasteiger partial charge in [0.15, 0.2) is 6.10 Å². The molecule has 8 heteroatoms. The van der Waals surface area contributed by atoms with Crippen molar-refractivity contribution in [3.63, 3.8) is 0 Å². The second-order valence-electron chi connectivity index (χ2n) is 5.12. The molecule has 1 N–H and O–H groups in total. The lowest BCUT2D eigenvalue weighted by Gasteiger charge is -2.16. The van der Waals surface area contributed by atoms with Gasteiger partial charge in [-0.15, -0.1) is 0 Å². The molecule has 25 heavy (non-hydrogen) atoms. The summed E-state index contributed by atoms with van der Waals surface area (Å²) in [4.78, 5) is 12.2. The first kappa shape index (κ1) is 18.9. The summed E-state index contributed by atoms with van der Waals surface area (Å²) >= 11 is 5.86. The second-order valence-corrected chi connectivity index (χ2v) is 5.53. The van der Waals surface area contributed by atoms with Gasteiger partial charge in [-0.25, -0.2) is 0 Å². The molecular weight excluding hydrogens is 359 g/mol. The van der Waals surface area contributed by atoms with Crippen molar-refractivity contribution in [3.05, 3.63) is 53.1 Å². The van der Waals surface area contributed by atoms with Crippen molar-refractivity contribution in [2.75, 3.05) is 12.4 Å². The molecule has 134 valence electrons. The lowest BCUT2D eigenvalue weighted by atomic mass is 10.2. The Bertz CT molecular complexity index is 765. The van der Waals surface area contributed by atoms with E-state index in [4.69, 9.17) is 21.1 Å².